The summed E-state index contributed by atoms with van der Waals surface area (Å²) in [6.45, 7) is 0. The zero-order valence-corrected chi connectivity index (χ0v) is 10.9. The van der Waals surface area contributed by atoms with Gasteiger partial charge in [0, 0.05) is 23.8 Å². The number of nitrogens with one attached hydrogen (secondary N) is 1. The van der Waals surface area contributed by atoms with E-state index in [4.69, 9.17) is 4.74 Å². The van der Waals surface area contributed by atoms with Crippen LogP contribution in [0.1, 0.15) is 5.69 Å². The topological polar surface area (TPSA) is 76.6 Å². The summed E-state index contributed by atoms with van der Waals surface area (Å²) >= 11 is 0.830. The van der Waals surface area contributed by atoms with Crippen LogP contribution in [0.4, 0.5) is 13.2 Å². The summed E-state index contributed by atoms with van der Waals surface area (Å²) in [5.74, 6) is 0.176. The van der Waals surface area contributed by atoms with Gasteiger partial charge in [-0.15, -0.1) is 0 Å². The molecule has 0 aromatic carbocycles. The van der Waals surface area contributed by atoms with E-state index in [2.05, 4.69) is 19.4 Å². The largest absolute Gasteiger partial charge is 0.433 e. The number of aromatic amines is 1. The number of ether oxygens (including phenoxy) is 1. The lowest BCUT2D eigenvalue weighted by molar-refractivity contribution is -0.140. The minimum Gasteiger partial charge on any atom is -0.411 e. The van der Waals surface area contributed by atoms with Gasteiger partial charge in [-0.3, -0.25) is 5.10 Å². The molecule has 0 unspecified atom stereocenters. The van der Waals surface area contributed by atoms with Gasteiger partial charge in [0.2, 0.25) is 5.88 Å². The summed E-state index contributed by atoms with van der Waals surface area (Å²) in [7, 11) is 0. The SMILES string of the molecule is FC(F)(F)c1[nH]ncc1-c1nsc(Oc2ccccn2)n1. The standard InChI is InChI=1S/C11H6F3N5OS/c12-11(13,14)8-6(5-16-18-8)9-17-10(21-19-9)20-7-3-1-2-4-15-7/h1-5H,(H,16,18). The zero-order chi connectivity index (χ0) is 14.9. The van der Waals surface area contributed by atoms with Gasteiger partial charge in [-0.25, -0.2) is 4.98 Å². The fourth-order valence-corrected chi connectivity index (χ4v) is 2.08. The maximum absolute atomic E-state index is 12.8. The van der Waals surface area contributed by atoms with Crippen LogP contribution in [0.5, 0.6) is 11.1 Å². The van der Waals surface area contributed by atoms with Crippen molar-refractivity contribution in [3.05, 3.63) is 36.3 Å². The molecule has 10 heteroatoms. The predicted molar refractivity (Wildman–Crippen MR) is 66.8 cm³/mol. The van der Waals surface area contributed by atoms with Gasteiger partial charge in [-0.05, 0) is 6.07 Å². The Labute approximate surface area is 119 Å². The molecule has 3 aromatic heterocycles. The first-order valence-corrected chi connectivity index (χ1v) is 6.35. The number of hydrogen-bond donors (Lipinski definition) is 1. The molecule has 0 saturated carbocycles. The maximum Gasteiger partial charge on any atom is 0.433 e. The second-order valence-corrected chi connectivity index (χ2v) is 4.52. The van der Waals surface area contributed by atoms with Gasteiger partial charge in [0.25, 0.3) is 5.19 Å². The summed E-state index contributed by atoms with van der Waals surface area (Å²) in [4.78, 5) is 7.83. The lowest BCUT2D eigenvalue weighted by Gasteiger charge is -2.03. The Kier molecular flexibility index (Phi) is 3.29. The minimum atomic E-state index is -4.56. The summed E-state index contributed by atoms with van der Waals surface area (Å²) in [6, 6.07) is 5.02. The van der Waals surface area contributed by atoms with Crippen molar-refractivity contribution >= 4 is 11.5 Å². The molecule has 21 heavy (non-hydrogen) atoms. The van der Waals surface area contributed by atoms with E-state index in [0.717, 1.165) is 17.7 Å². The number of pyridine rings is 1. The highest BCUT2D eigenvalue weighted by Gasteiger charge is 2.37. The molecule has 0 aliphatic rings. The van der Waals surface area contributed by atoms with E-state index in [1.54, 1.807) is 18.2 Å². The zero-order valence-electron chi connectivity index (χ0n) is 10.1. The van der Waals surface area contributed by atoms with Gasteiger partial charge in [0.1, 0.15) is 0 Å². The number of aromatic nitrogens is 5. The van der Waals surface area contributed by atoms with E-state index in [1.807, 2.05) is 5.10 Å². The van der Waals surface area contributed by atoms with Crippen LogP contribution < -0.4 is 4.74 Å². The number of halogens is 3. The van der Waals surface area contributed by atoms with Gasteiger partial charge in [0.15, 0.2) is 11.5 Å². The molecule has 0 amide bonds. The van der Waals surface area contributed by atoms with Crippen molar-refractivity contribution in [2.24, 2.45) is 0 Å². The van der Waals surface area contributed by atoms with Crippen molar-refractivity contribution in [1.29, 1.82) is 0 Å². The highest BCUT2D eigenvalue weighted by Crippen LogP contribution is 2.35. The molecule has 0 bridgehead atoms. The van der Waals surface area contributed by atoms with Crippen molar-refractivity contribution in [2.75, 3.05) is 0 Å². The Bertz CT molecular complexity index is 740. The second kappa shape index (κ2) is 5.13. The van der Waals surface area contributed by atoms with Crippen molar-refractivity contribution in [3.63, 3.8) is 0 Å². The van der Waals surface area contributed by atoms with Crippen LogP contribution >= 0.6 is 11.5 Å². The van der Waals surface area contributed by atoms with Gasteiger partial charge >= 0.3 is 6.18 Å². The lowest BCUT2D eigenvalue weighted by atomic mass is 10.2. The maximum atomic E-state index is 12.8. The van der Waals surface area contributed by atoms with E-state index in [0.29, 0.717) is 0 Å². The molecule has 0 spiro atoms. The normalized spacial score (nSPS) is 11.6. The third-order valence-electron chi connectivity index (χ3n) is 2.40. The second-order valence-electron chi connectivity index (χ2n) is 3.81. The van der Waals surface area contributed by atoms with E-state index < -0.39 is 11.9 Å². The minimum absolute atomic E-state index is 0.0954. The highest BCUT2D eigenvalue weighted by atomic mass is 32.1. The van der Waals surface area contributed by atoms with Gasteiger partial charge in [-0.2, -0.15) is 27.6 Å². The van der Waals surface area contributed by atoms with E-state index in [1.165, 1.54) is 6.20 Å². The van der Waals surface area contributed by atoms with E-state index in [9.17, 15) is 13.2 Å². The van der Waals surface area contributed by atoms with Crippen molar-refractivity contribution in [1.82, 2.24) is 24.5 Å². The van der Waals surface area contributed by atoms with Crippen molar-refractivity contribution in [3.8, 4) is 22.5 Å². The first kappa shape index (κ1) is 13.5. The molecule has 108 valence electrons. The monoisotopic (exact) mass is 313 g/mol. The molecule has 3 heterocycles. The molecule has 1 N–H and O–H groups in total. The van der Waals surface area contributed by atoms with Crippen LogP contribution in [0.15, 0.2) is 30.6 Å². The molecule has 3 aromatic rings. The Morgan fingerprint density at radius 3 is 2.81 bits per heavy atom. The van der Waals surface area contributed by atoms with Crippen LogP contribution in [-0.4, -0.2) is 24.5 Å². The van der Waals surface area contributed by atoms with Gasteiger partial charge in [0.05, 0.1) is 11.8 Å². The fraction of sp³-hybridized carbons (Fsp3) is 0.0909. The van der Waals surface area contributed by atoms with E-state index >= 15 is 0 Å². The number of hydrogen-bond acceptors (Lipinski definition) is 6. The third-order valence-corrected chi connectivity index (χ3v) is 3.00. The first-order valence-electron chi connectivity index (χ1n) is 5.57. The molecule has 3 rings (SSSR count). The molecule has 0 aliphatic heterocycles. The summed E-state index contributed by atoms with van der Waals surface area (Å²) in [6.07, 6.45) is -2.01. The lowest BCUT2D eigenvalue weighted by Crippen LogP contribution is -2.07. The van der Waals surface area contributed by atoms with Crippen LogP contribution in [0.25, 0.3) is 11.4 Å². The molecular formula is C11H6F3N5OS. The smallest absolute Gasteiger partial charge is 0.411 e. The quantitative estimate of drug-likeness (QED) is 0.804. The molecule has 6 nitrogen and oxygen atoms in total. The fourth-order valence-electron chi connectivity index (χ4n) is 1.53. The average Bonchev–Trinajstić information content (AvgIpc) is 3.07. The van der Waals surface area contributed by atoms with Crippen molar-refractivity contribution in [2.45, 2.75) is 6.18 Å². The van der Waals surface area contributed by atoms with Crippen LogP contribution in [-0.2, 0) is 6.18 Å². The molecule has 0 aliphatic carbocycles. The number of H-pyrrole nitrogens is 1. The number of nitrogens with zero attached hydrogens (tertiary/aromatic N) is 4. The Hall–Kier alpha value is -2.49. The number of alkyl halides is 3. The van der Waals surface area contributed by atoms with Crippen LogP contribution in [0.3, 0.4) is 0 Å². The highest BCUT2D eigenvalue weighted by molar-refractivity contribution is 7.07. The third kappa shape index (κ3) is 2.84. The van der Waals surface area contributed by atoms with Gasteiger partial charge in [-0.1, -0.05) is 6.07 Å². The van der Waals surface area contributed by atoms with Crippen LogP contribution in [0.2, 0.25) is 0 Å². The number of rotatable bonds is 3. The molecule has 0 radical (unpaired) electrons. The molecule has 0 fully saturated rings. The average molecular weight is 313 g/mol. The summed E-state index contributed by atoms with van der Waals surface area (Å²) in [5.41, 5.74) is -1.22. The molecule has 0 saturated heterocycles. The predicted octanol–water partition coefficient (Wildman–Crippen LogP) is 3.13. The van der Waals surface area contributed by atoms with Crippen LogP contribution in [0, 0.1) is 0 Å². The molecule has 0 atom stereocenters. The summed E-state index contributed by atoms with van der Waals surface area (Å²) < 4.78 is 47.4. The van der Waals surface area contributed by atoms with E-state index in [-0.39, 0.29) is 22.5 Å². The Balaban J connectivity index is 1.88. The summed E-state index contributed by atoms with van der Waals surface area (Å²) in [5, 5.41) is 5.38. The Morgan fingerprint density at radius 2 is 2.10 bits per heavy atom. The first-order chi connectivity index (χ1) is 10.0. The van der Waals surface area contributed by atoms with Gasteiger partial charge < -0.3 is 4.74 Å². The molecular weight excluding hydrogens is 307 g/mol. The Morgan fingerprint density at radius 1 is 1.24 bits per heavy atom. The van der Waals surface area contributed by atoms with Crippen molar-refractivity contribution < 1.29 is 17.9 Å².